The van der Waals surface area contributed by atoms with E-state index in [9.17, 15) is 19.5 Å². The molecule has 0 aromatic heterocycles. The molecule has 3 N–H and O–H groups in total. The first-order chi connectivity index (χ1) is 12.4. The van der Waals surface area contributed by atoms with Crippen LogP contribution in [0.25, 0.3) is 0 Å². The van der Waals surface area contributed by atoms with Crippen molar-refractivity contribution >= 4 is 17.8 Å². The minimum absolute atomic E-state index is 0.00771. The summed E-state index contributed by atoms with van der Waals surface area (Å²) in [5, 5.41) is 14.6. The van der Waals surface area contributed by atoms with Gasteiger partial charge < -0.3 is 20.5 Å². The summed E-state index contributed by atoms with van der Waals surface area (Å²) in [5.74, 6) is -2.30. The van der Waals surface area contributed by atoms with Crippen molar-refractivity contribution < 1.29 is 24.2 Å². The Kier molecular flexibility index (Phi) is 7.15. The van der Waals surface area contributed by atoms with Crippen LogP contribution in [0.3, 0.4) is 0 Å². The van der Waals surface area contributed by atoms with Gasteiger partial charge in [0.05, 0.1) is 12.5 Å². The number of carboxylic acid groups (broad SMARTS) is 1. The molecule has 7 heteroatoms. The third kappa shape index (κ3) is 5.56. The van der Waals surface area contributed by atoms with Gasteiger partial charge in [-0.3, -0.25) is 14.4 Å². The standard InChI is InChI=1S/C19H26N2O5/c1-12-3-4-15(9-13(12)2)18(23)21-11-17(22)20-10-16(19(24)25)14-5-7-26-8-6-14/h3-4,9,14,16H,5-8,10-11H2,1-2H3,(H,20,22)(H,21,23)(H,24,25). The summed E-state index contributed by atoms with van der Waals surface area (Å²) >= 11 is 0. The highest BCUT2D eigenvalue weighted by atomic mass is 16.5. The fourth-order valence-electron chi connectivity index (χ4n) is 3.01. The average molecular weight is 362 g/mol. The monoisotopic (exact) mass is 362 g/mol. The van der Waals surface area contributed by atoms with E-state index in [0.717, 1.165) is 11.1 Å². The van der Waals surface area contributed by atoms with E-state index in [4.69, 9.17) is 4.74 Å². The number of hydrogen-bond acceptors (Lipinski definition) is 4. The molecule has 2 amide bonds. The molecule has 0 saturated carbocycles. The number of carbonyl (C=O) groups excluding carboxylic acids is 2. The van der Waals surface area contributed by atoms with Crippen molar-refractivity contribution in [2.75, 3.05) is 26.3 Å². The molecule has 1 aromatic carbocycles. The van der Waals surface area contributed by atoms with Gasteiger partial charge in [-0.05, 0) is 55.9 Å². The summed E-state index contributed by atoms with van der Waals surface area (Å²) in [6.45, 7) is 4.84. The Labute approximate surface area is 153 Å². The number of aryl methyl sites for hydroxylation is 2. The van der Waals surface area contributed by atoms with Crippen LogP contribution in [-0.2, 0) is 14.3 Å². The Bertz CT molecular complexity index is 668. The van der Waals surface area contributed by atoms with E-state index in [1.165, 1.54) is 0 Å². The third-order valence-corrected chi connectivity index (χ3v) is 4.85. The largest absolute Gasteiger partial charge is 0.481 e. The van der Waals surface area contributed by atoms with Gasteiger partial charge in [-0.15, -0.1) is 0 Å². The zero-order valence-electron chi connectivity index (χ0n) is 15.2. The van der Waals surface area contributed by atoms with Gasteiger partial charge in [0.15, 0.2) is 0 Å². The first kappa shape index (κ1) is 19.9. The second kappa shape index (κ2) is 9.33. The van der Waals surface area contributed by atoms with Crippen LogP contribution < -0.4 is 10.6 Å². The minimum atomic E-state index is -0.920. The number of amides is 2. The van der Waals surface area contributed by atoms with E-state index < -0.39 is 17.8 Å². The number of carboxylic acids is 1. The third-order valence-electron chi connectivity index (χ3n) is 4.85. The lowest BCUT2D eigenvalue weighted by Gasteiger charge is -2.27. The normalized spacial score (nSPS) is 15.9. The van der Waals surface area contributed by atoms with Crippen molar-refractivity contribution in [3.8, 4) is 0 Å². The fraction of sp³-hybridized carbons (Fsp3) is 0.526. The van der Waals surface area contributed by atoms with Crippen LogP contribution in [0, 0.1) is 25.7 Å². The molecule has 1 saturated heterocycles. The van der Waals surface area contributed by atoms with Gasteiger partial charge in [-0.1, -0.05) is 6.07 Å². The van der Waals surface area contributed by atoms with Gasteiger partial charge in [0.25, 0.3) is 5.91 Å². The molecule has 7 nitrogen and oxygen atoms in total. The van der Waals surface area contributed by atoms with Crippen LogP contribution in [0.5, 0.6) is 0 Å². The number of benzene rings is 1. The maximum atomic E-state index is 12.1. The van der Waals surface area contributed by atoms with Gasteiger partial charge in [0.1, 0.15) is 0 Å². The topological polar surface area (TPSA) is 105 Å². The second-order valence-corrected chi connectivity index (χ2v) is 6.68. The van der Waals surface area contributed by atoms with E-state index in [0.29, 0.717) is 31.6 Å². The predicted molar refractivity (Wildman–Crippen MR) is 95.9 cm³/mol. The first-order valence-corrected chi connectivity index (χ1v) is 8.81. The Balaban J connectivity index is 1.80. The van der Waals surface area contributed by atoms with E-state index in [1.807, 2.05) is 19.9 Å². The molecule has 0 aliphatic carbocycles. The van der Waals surface area contributed by atoms with Crippen molar-refractivity contribution in [1.29, 1.82) is 0 Å². The summed E-state index contributed by atoms with van der Waals surface area (Å²) in [7, 11) is 0. The molecule has 1 unspecified atom stereocenters. The quantitative estimate of drug-likeness (QED) is 0.678. The van der Waals surface area contributed by atoms with Crippen LogP contribution in [-0.4, -0.2) is 49.2 Å². The number of aliphatic carboxylic acids is 1. The Hall–Kier alpha value is -2.41. The lowest BCUT2D eigenvalue weighted by molar-refractivity contribution is -0.144. The van der Waals surface area contributed by atoms with E-state index in [-0.39, 0.29) is 24.9 Å². The van der Waals surface area contributed by atoms with Crippen LogP contribution >= 0.6 is 0 Å². The van der Waals surface area contributed by atoms with Crippen molar-refractivity contribution in [2.24, 2.45) is 11.8 Å². The first-order valence-electron chi connectivity index (χ1n) is 8.81. The van der Waals surface area contributed by atoms with Gasteiger partial charge in [-0.2, -0.15) is 0 Å². The Morgan fingerprint density at radius 1 is 1.15 bits per heavy atom. The van der Waals surface area contributed by atoms with E-state index in [2.05, 4.69) is 10.6 Å². The Morgan fingerprint density at radius 2 is 1.85 bits per heavy atom. The maximum Gasteiger partial charge on any atom is 0.308 e. The molecule has 1 aliphatic rings. The molecule has 1 heterocycles. The van der Waals surface area contributed by atoms with E-state index >= 15 is 0 Å². The molecular weight excluding hydrogens is 336 g/mol. The van der Waals surface area contributed by atoms with Crippen molar-refractivity contribution in [3.63, 3.8) is 0 Å². The maximum absolute atomic E-state index is 12.1. The number of ether oxygens (including phenoxy) is 1. The average Bonchev–Trinajstić information content (AvgIpc) is 2.62. The highest BCUT2D eigenvalue weighted by Gasteiger charge is 2.30. The summed E-state index contributed by atoms with van der Waals surface area (Å²) < 4.78 is 5.25. The summed E-state index contributed by atoms with van der Waals surface area (Å²) in [6, 6.07) is 5.34. The highest BCUT2D eigenvalue weighted by Crippen LogP contribution is 2.23. The van der Waals surface area contributed by atoms with Crippen LogP contribution in [0.15, 0.2) is 18.2 Å². The number of carbonyl (C=O) groups is 3. The molecule has 0 bridgehead atoms. The Morgan fingerprint density at radius 3 is 2.46 bits per heavy atom. The molecule has 1 aliphatic heterocycles. The van der Waals surface area contributed by atoms with Gasteiger partial charge >= 0.3 is 5.97 Å². The predicted octanol–water partition coefficient (Wildman–Crippen LogP) is 1.28. The highest BCUT2D eigenvalue weighted by molar-refractivity contribution is 5.96. The molecule has 1 fully saturated rings. The molecule has 26 heavy (non-hydrogen) atoms. The molecule has 0 spiro atoms. The number of nitrogens with one attached hydrogen (secondary N) is 2. The lowest BCUT2D eigenvalue weighted by atomic mass is 9.86. The van der Waals surface area contributed by atoms with Crippen LogP contribution in [0.1, 0.15) is 34.3 Å². The molecule has 0 radical (unpaired) electrons. The van der Waals surface area contributed by atoms with Crippen LogP contribution in [0.4, 0.5) is 0 Å². The van der Waals surface area contributed by atoms with Gasteiger partial charge in [0, 0.05) is 25.3 Å². The smallest absolute Gasteiger partial charge is 0.308 e. The number of hydrogen-bond donors (Lipinski definition) is 3. The molecule has 1 aromatic rings. The van der Waals surface area contributed by atoms with Crippen molar-refractivity contribution in [2.45, 2.75) is 26.7 Å². The summed E-state index contributed by atoms with van der Waals surface area (Å²) in [6.07, 6.45) is 1.35. The molecule has 1 atom stereocenters. The molecule has 2 rings (SSSR count). The summed E-state index contributed by atoms with van der Waals surface area (Å²) in [5.41, 5.74) is 2.58. The SMILES string of the molecule is Cc1ccc(C(=O)NCC(=O)NCC(C(=O)O)C2CCOCC2)cc1C. The van der Waals surface area contributed by atoms with E-state index in [1.54, 1.807) is 12.1 Å². The van der Waals surface area contributed by atoms with Crippen molar-refractivity contribution in [1.82, 2.24) is 10.6 Å². The summed E-state index contributed by atoms with van der Waals surface area (Å²) in [4.78, 5) is 35.5. The lowest BCUT2D eigenvalue weighted by Crippen LogP contribution is -2.42. The minimum Gasteiger partial charge on any atom is -0.481 e. The van der Waals surface area contributed by atoms with Gasteiger partial charge in [-0.25, -0.2) is 0 Å². The van der Waals surface area contributed by atoms with Crippen molar-refractivity contribution in [3.05, 3.63) is 34.9 Å². The second-order valence-electron chi connectivity index (χ2n) is 6.68. The number of rotatable bonds is 7. The molecular formula is C19H26N2O5. The van der Waals surface area contributed by atoms with Crippen LogP contribution in [0.2, 0.25) is 0 Å². The molecule has 142 valence electrons. The zero-order valence-corrected chi connectivity index (χ0v) is 15.2. The zero-order chi connectivity index (χ0) is 19.1. The fourth-order valence-corrected chi connectivity index (χ4v) is 3.01. The van der Waals surface area contributed by atoms with Gasteiger partial charge in [0.2, 0.25) is 5.91 Å².